The maximum atomic E-state index is 15.4. The number of hydrogen-bond donors (Lipinski definition) is 1. The summed E-state index contributed by atoms with van der Waals surface area (Å²) in [7, 11) is 1.40. The summed E-state index contributed by atoms with van der Waals surface area (Å²) < 4.78 is 46.5. The van der Waals surface area contributed by atoms with Gasteiger partial charge >= 0.3 is 6.09 Å². The molecule has 0 aliphatic rings. The zero-order chi connectivity index (χ0) is 25.8. The SMILES string of the molecule is CCOc1nccc2c(C(=O)c3c(F)cc(-c4c(COC(N)=O)cccc4OC)cc3F)cccc12. The van der Waals surface area contributed by atoms with Crippen molar-refractivity contribution in [3.63, 3.8) is 0 Å². The van der Waals surface area contributed by atoms with Gasteiger partial charge in [-0.25, -0.2) is 18.6 Å². The van der Waals surface area contributed by atoms with E-state index in [1.165, 1.54) is 19.4 Å². The molecule has 7 nitrogen and oxygen atoms in total. The molecule has 1 amide bonds. The molecule has 0 fully saturated rings. The Labute approximate surface area is 205 Å². The number of rotatable bonds is 8. The zero-order valence-corrected chi connectivity index (χ0v) is 19.5. The van der Waals surface area contributed by atoms with E-state index in [2.05, 4.69) is 4.98 Å². The van der Waals surface area contributed by atoms with Gasteiger partial charge in [-0.05, 0) is 48.2 Å². The lowest BCUT2D eigenvalue weighted by molar-refractivity contribution is 0.103. The van der Waals surface area contributed by atoms with Crippen LogP contribution in [0.1, 0.15) is 28.4 Å². The minimum Gasteiger partial charge on any atom is -0.496 e. The molecule has 0 saturated heterocycles. The van der Waals surface area contributed by atoms with Gasteiger partial charge in [0.2, 0.25) is 5.88 Å². The van der Waals surface area contributed by atoms with Crippen LogP contribution < -0.4 is 15.2 Å². The lowest BCUT2D eigenvalue weighted by Gasteiger charge is -2.16. The van der Waals surface area contributed by atoms with Crippen LogP contribution in [0.25, 0.3) is 21.9 Å². The second-order valence-corrected chi connectivity index (χ2v) is 7.70. The number of methoxy groups -OCH3 is 1. The molecule has 36 heavy (non-hydrogen) atoms. The van der Waals surface area contributed by atoms with Gasteiger partial charge in [0.05, 0.1) is 19.3 Å². The van der Waals surface area contributed by atoms with Crippen LogP contribution in [0, 0.1) is 11.6 Å². The largest absolute Gasteiger partial charge is 0.496 e. The number of halogens is 2. The lowest BCUT2D eigenvalue weighted by atomic mass is 9.93. The molecule has 0 aliphatic heterocycles. The number of amides is 1. The molecule has 0 radical (unpaired) electrons. The first-order valence-corrected chi connectivity index (χ1v) is 11.0. The molecular weight excluding hydrogens is 470 g/mol. The quantitative estimate of drug-likeness (QED) is 0.330. The first-order valence-electron chi connectivity index (χ1n) is 11.0. The Kier molecular flexibility index (Phi) is 7.10. The molecule has 4 rings (SSSR count). The molecule has 0 bridgehead atoms. The summed E-state index contributed by atoms with van der Waals surface area (Å²) >= 11 is 0. The van der Waals surface area contributed by atoms with Crippen molar-refractivity contribution in [2.75, 3.05) is 13.7 Å². The standard InChI is InChI=1S/C27H22F2N2O5/c1-3-35-26-19-8-5-7-18(17(19)10-11-31-26)25(32)24-20(28)12-16(13-21(24)29)23-15(14-36-27(30)33)6-4-9-22(23)34-2/h4-13H,3,14H2,1-2H3,(H2,30,33). The number of nitrogens with zero attached hydrogens (tertiary/aromatic N) is 1. The minimum atomic E-state index is -1.06. The van der Waals surface area contributed by atoms with Gasteiger partial charge in [0.1, 0.15) is 24.0 Å². The Morgan fingerprint density at radius 2 is 1.72 bits per heavy atom. The molecule has 0 spiro atoms. The third-order valence-corrected chi connectivity index (χ3v) is 5.56. The van der Waals surface area contributed by atoms with Crippen molar-refractivity contribution >= 4 is 22.6 Å². The van der Waals surface area contributed by atoms with Crippen molar-refractivity contribution in [3.05, 3.63) is 89.1 Å². The summed E-state index contributed by atoms with van der Waals surface area (Å²) in [5.41, 5.74) is 5.28. The topological polar surface area (TPSA) is 101 Å². The van der Waals surface area contributed by atoms with Crippen LogP contribution in [-0.2, 0) is 11.3 Å². The van der Waals surface area contributed by atoms with Gasteiger partial charge in [0, 0.05) is 28.3 Å². The lowest BCUT2D eigenvalue weighted by Crippen LogP contribution is -2.13. The van der Waals surface area contributed by atoms with Gasteiger partial charge in [-0.1, -0.05) is 24.3 Å². The molecule has 2 N–H and O–H groups in total. The number of pyridine rings is 1. The zero-order valence-electron chi connectivity index (χ0n) is 19.5. The van der Waals surface area contributed by atoms with Gasteiger partial charge in [0.25, 0.3) is 0 Å². The van der Waals surface area contributed by atoms with Crippen LogP contribution in [0.5, 0.6) is 11.6 Å². The number of nitrogens with two attached hydrogens (primary N) is 1. The van der Waals surface area contributed by atoms with Gasteiger partial charge < -0.3 is 19.9 Å². The van der Waals surface area contributed by atoms with Gasteiger partial charge in [-0.15, -0.1) is 0 Å². The number of ketones is 1. The summed E-state index contributed by atoms with van der Waals surface area (Å²) in [5, 5.41) is 1.01. The molecule has 9 heteroatoms. The minimum absolute atomic E-state index is 0.0998. The third-order valence-electron chi connectivity index (χ3n) is 5.56. The first kappa shape index (κ1) is 24.6. The number of ether oxygens (including phenoxy) is 3. The van der Waals surface area contributed by atoms with Crippen molar-refractivity contribution in [3.8, 4) is 22.8 Å². The van der Waals surface area contributed by atoms with Gasteiger partial charge in [0.15, 0.2) is 5.78 Å². The molecule has 3 aromatic carbocycles. The van der Waals surface area contributed by atoms with Gasteiger partial charge in [-0.3, -0.25) is 4.79 Å². The van der Waals surface area contributed by atoms with Gasteiger partial charge in [-0.2, -0.15) is 0 Å². The smallest absolute Gasteiger partial charge is 0.404 e. The highest BCUT2D eigenvalue weighted by Crippen LogP contribution is 2.36. The Balaban J connectivity index is 1.81. The van der Waals surface area contributed by atoms with E-state index >= 15 is 8.78 Å². The number of fused-ring (bicyclic) bond motifs is 1. The number of primary amides is 1. The second kappa shape index (κ2) is 10.4. The van der Waals surface area contributed by atoms with E-state index in [4.69, 9.17) is 19.9 Å². The van der Waals surface area contributed by atoms with Crippen LogP contribution in [0.3, 0.4) is 0 Å². The van der Waals surface area contributed by atoms with E-state index in [-0.39, 0.29) is 17.7 Å². The van der Waals surface area contributed by atoms with Crippen LogP contribution in [0.2, 0.25) is 0 Å². The maximum absolute atomic E-state index is 15.4. The second-order valence-electron chi connectivity index (χ2n) is 7.70. The van der Waals surface area contributed by atoms with E-state index in [0.29, 0.717) is 40.1 Å². The fourth-order valence-corrected chi connectivity index (χ4v) is 4.04. The Morgan fingerprint density at radius 1 is 1.00 bits per heavy atom. The Bertz CT molecular complexity index is 1450. The third kappa shape index (κ3) is 4.68. The van der Waals surface area contributed by atoms with Crippen LogP contribution in [0.15, 0.2) is 60.8 Å². The summed E-state index contributed by atoms with van der Waals surface area (Å²) in [4.78, 5) is 28.6. The molecular formula is C27H22F2N2O5. The molecule has 1 heterocycles. The number of hydrogen-bond acceptors (Lipinski definition) is 6. The average molecular weight is 492 g/mol. The fraction of sp³-hybridized carbons (Fsp3) is 0.148. The number of aromatic nitrogens is 1. The molecule has 0 atom stereocenters. The highest BCUT2D eigenvalue weighted by molar-refractivity contribution is 6.17. The number of carbonyl (C=O) groups is 2. The monoisotopic (exact) mass is 492 g/mol. The normalized spacial score (nSPS) is 10.8. The van der Waals surface area contributed by atoms with Crippen LogP contribution in [-0.4, -0.2) is 30.6 Å². The van der Waals surface area contributed by atoms with E-state index < -0.39 is 29.1 Å². The number of benzene rings is 3. The molecule has 1 aromatic heterocycles. The van der Waals surface area contributed by atoms with Crippen LogP contribution >= 0.6 is 0 Å². The maximum Gasteiger partial charge on any atom is 0.404 e. The summed E-state index contributed by atoms with van der Waals surface area (Å²) in [5.74, 6) is -2.32. The van der Waals surface area contributed by atoms with Crippen molar-refractivity contribution in [2.24, 2.45) is 5.73 Å². The van der Waals surface area contributed by atoms with Crippen molar-refractivity contribution < 1.29 is 32.6 Å². The number of carbonyl (C=O) groups excluding carboxylic acids is 2. The summed E-state index contributed by atoms with van der Waals surface area (Å²) in [6.45, 7) is 1.93. The molecule has 184 valence electrons. The fourth-order valence-electron chi connectivity index (χ4n) is 4.04. The summed E-state index contributed by atoms with van der Waals surface area (Å²) in [6, 6.07) is 13.3. The molecule has 0 saturated carbocycles. The molecule has 0 unspecified atom stereocenters. The van der Waals surface area contributed by atoms with Crippen molar-refractivity contribution in [2.45, 2.75) is 13.5 Å². The van der Waals surface area contributed by atoms with Crippen LogP contribution in [0.4, 0.5) is 13.6 Å². The Hall–Kier alpha value is -4.53. The predicted octanol–water partition coefficient (Wildman–Crippen LogP) is 5.41. The summed E-state index contributed by atoms with van der Waals surface area (Å²) in [6.07, 6.45) is 0.469. The predicted molar refractivity (Wildman–Crippen MR) is 129 cm³/mol. The van der Waals surface area contributed by atoms with E-state index in [1.54, 1.807) is 43.3 Å². The average Bonchev–Trinajstić information content (AvgIpc) is 2.86. The molecule has 0 aliphatic carbocycles. The van der Waals surface area contributed by atoms with Crippen molar-refractivity contribution in [1.29, 1.82) is 0 Å². The highest BCUT2D eigenvalue weighted by Gasteiger charge is 2.24. The first-order chi connectivity index (χ1) is 17.3. The van der Waals surface area contributed by atoms with E-state index in [9.17, 15) is 9.59 Å². The van der Waals surface area contributed by atoms with E-state index in [1.807, 2.05) is 0 Å². The molecule has 4 aromatic rings. The Morgan fingerprint density at radius 3 is 2.39 bits per heavy atom. The van der Waals surface area contributed by atoms with Crippen molar-refractivity contribution in [1.82, 2.24) is 4.98 Å². The highest BCUT2D eigenvalue weighted by atomic mass is 19.1. The van der Waals surface area contributed by atoms with E-state index in [0.717, 1.165) is 12.1 Å².